The first-order valence-electron chi connectivity index (χ1n) is 17.4. The van der Waals surface area contributed by atoms with Crippen molar-refractivity contribution < 1.29 is 35.9 Å². The third-order valence-corrected chi connectivity index (χ3v) is 12.3. The minimum absolute atomic E-state index is 0.00746. The molecule has 2 aromatic carbocycles. The Morgan fingerprint density at radius 2 is 2.02 bits per heavy atom. The summed E-state index contributed by atoms with van der Waals surface area (Å²) in [5.41, 5.74) is 1.98. The normalized spacial score (nSPS) is 24.8. The Hall–Kier alpha value is -4.36. The molecule has 1 amide bonds. The Kier molecular flexibility index (Phi) is 8.44. The highest BCUT2D eigenvalue weighted by molar-refractivity contribution is 7.23. The van der Waals surface area contributed by atoms with Gasteiger partial charge in [-0.2, -0.15) is 28.4 Å². The number of fused-ring (bicyclic) bond motifs is 4. The standard InChI is InChI=1S/C36H35F6N7O2S/c1-2-48(20-11-19-5-3-6-26(50)49(19)16-20)33-22-12-24(36(40,41)42)28(21-7-8-25(38)31-27(21)23(14-43)32(44)52-31)29(39)30(22)45-34(46-33)51-17-35-9-4-10-47(35)15-18(37)13-35/h7-8,12,18-20H,2-6,9-11,13,15-17,44H2,1H3. The Morgan fingerprint density at radius 3 is 2.75 bits per heavy atom. The van der Waals surface area contributed by atoms with Crippen molar-refractivity contribution in [3.63, 3.8) is 0 Å². The van der Waals surface area contributed by atoms with Gasteiger partial charge in [0.05, 0.1) is 21.4 Å². The summed E-state index contributed by atoms with van der Waals surface area (Å²) < 4.78 is 98.1. The van der Waals surface area contributed by atoms with Gasteiger partial charge in [0.2, 0.25) is 5.91 Å². The molecule has 0 spiro atoms. The molecular formula is C36H35F6N7O2S. The first kappa shape index (κ1) is 34.7. The van der Waals surface area contributed by atoms with Crippen LogP contribution < -0.4 is 15.4 Å². The Bertz CT molecular complexity index is 2150. The van der Waals surface area contributed by atoms with Gasteiger partial charge >= 0.3 is 12.2 Å². The molecule has 4 aliphatic rings. The SMILES string of the molecule is CCN(c1nc(OCC23CCCN2CC(F)C3)nc2c(F)c(-c3ccc(F)c4sc(N)c(C#N)c34)c(C(F)(F)F)cc12)C1CC2CCCC(=O)N2C1. The number of nitriles is 1. The fraction of sp³-hybridized carbons (Fsp3) is 0.500. The van der Waals surface area contributed by atoms with Crippen LogP contribution in [0.3, 0.4) is 0 Å². The van der Waals surface area contributed by atoms with E-state index in [1.807, 2.05) is 11.0 Å². The predicted octanol–water partition coefficient (Wildman–Crippen LogP) is 7.20. The lowest BCUT2D eigenvalue weighted by molar-refractivity contribution is -0.137. The average Bonchev–Trinajstić information content (AvgIpc) is 3.86. The van der Waals surface area contributed by atoms with Gasteiger partial charge in [0.25, 0.3) is 0 Å². The van der Waals surface area contributed by atoms with E-state index in [1.165, 1.54) is 0 Å². The fourth-order valence-corrected chi connectivity index (χ4v) is 9.98. The van der Waals surface area contributed by atoms with Crippen LogP contribution in [0.2, 0.25) is 0 Å². The molecular weight excluding hydrogens is 708 g/mol. The van der Waals surface area contributed by atoms with Crippen LogP contribution in [0.15, 0.2) is 18.2 Å². The number of rotatable bonds is 7. The molecule has 4 atom stereocenters. The van der Waals surface area contributed by atoms with Gasteiger partial charge in [0.15, 0.2) is 5.82 Å². The smallest absolute Gasteiger partial charge is 0.417 e. The zero-order valence-electron chi connectivity index (χ0n) is 28.2. The van der Waals surface area contributed by atoms with Gasteiger partial charge in [-0.25, -0.2) is 13.2 Å². The van der Waals surface area contributed by atoms with E-state index >= 15 is 17.6 Å². The van der Waals surface area contributed by atoms with Crippen molar-refractivity contribution in [1.82, 2.24) is 19.8 Å². The lowest BCUT2D eigenvalue weighted by atomic mass is 9.92. The van der Waals surface area contributed by atoms with Crippen LogP contribution in [0, 0.1) is 23.0 Å². The molecule has 9 nitrogen and oxygen atoms in total. The number of piperidine rings is 1. The van der Waals surface area contributed by atoms with Gasteiger partial charge in [0.1, 0.15) is 41.0 Å². The number of ether oxygens (including phenoxy) is 1. The number of halogens is 6. The summed E-state index contributed by atoms with van der Waals surface area (Å²) in [4.78, 5) is 27.4. The van der Waals surface area contributed by atoms with Gasteiger partial charge in [0, 0.05) is 60.9 Å². The summed E-state index contributed by atoms with van der Waals surface area (Å²) in [5.74, 6) is -2.16. The molecule has 4 saturated heterocycles. The maximum absolute atomic E-state index is 17.2. The number of amides is 1. The largest absolute Gasteiger partial charge is 0.461 e. The van der Waals surface area contributed by atoms with Gasteiger partial charge in [-0.3, -0.25) is 9.69 Å². The number of likely N-dealkylation sites (N-methyl/N-ethyl adjacent to an activating group) is 1. The highest BCUT2D eigenvalue weighted by Crippen LogP contribution is 2.49. The molecule has 4 fully saturated rings. The van der Waals surface area contributed by atoms with Crippen LogP contribution in [0.5, 0.6) is 6.01 Å². The van der Waals surface area contributed by atoms with Gasteiger partial charge in [-0.1, -0.05) is 6.07 Å². The molecule has 2 aromatic heterocycles. The molecule has 4 aromatic rings. The fourth-order valence-electron chi connectivity index (χ4n) is 9.03. The van der Waals surface area contributed by atoms with Crippen LogP contribution >= 0.6 is 11.3 Å². The number of benzene rings is 2. The van der Waals surface area contributed by atoms with Gasteiger partial charge in [-0.15, -0.1) is 11.3 Å². The van der Waals surface area contributed by atoms with Gasteiger partial charge < -0.3 is 20.3 Å². The van der Waals surface area contributed by atoms with Crippen molar-refractivity contribution in [2.45, 2.75) is 81.8 Å². The number of aromatic nitrogens is 2. The summed E-state index contributed by atoms with van der Waals surface area (Å²) in [6.07, 6.45) is -1.90. The molecule has 4 aliphatic heterocycles. The number of anilines is 2. The Labute approximate surface area is 298 Å². The highest BCUT2D eigenvalue weighted by Gasteiger charge is 2.50. The predicted molar refractivity (Wildman–Crippen MR) is 184 cm³/mol. The monoisotopic (exact) mass is 743 g/mol. The van der Waals surface area contributed by atoms with E-state index < -0.39 is 46.2 Å². The first-order valence-corrected chi connectivity index (χ1v) is 18.3. The van der Waals surface area contributed by atoms with E-state index in [9.17, 15) is 18.8 Å². The molecule has 0 aliphatic carbocycles. The zero-order chi connectivity index (χ0) is 36.7. The minimum atomic E-state index is -5.11. The number of alkyl halides is 4. The maximum atomic E-state index is 17.2. The molecule has 274 valence electrons. The first-order chi connectivity index (χ1) is 24.8. The molecule has 16 heteroatoms. The minimum Gasteiger partial charge on any atom is -0.461 e. The van der Waals surface area contributed by atoms with Crippen LogP contribution in [-0.4, -0.2) is 82.3 Å². The second-order valence-electron chi connectivity index (χ2n) is 14.2. The number of carbonyl (C=O) groups excluding carboxylic acids is 1. The lowest BCUT2D eigenvalue weighted by Crippen LogP contribution is -2.43. The summed E-state index contributed by atoms with van der Waals surface area (Å²) in [6.45, 7) is 3.33. The van der Waals surface area contributed by atoms with Crippen molar-refractivity contribution in [1.29, 1.82) is 5.26 Å². The van der Waals surface area contributed by atoms with Crippen LogP contribution in [0.25, 0.3) is 32.1 Å². The quantitative estimate of drug-likeness (QED) is 0.198. The van der Waals surface area contributed by atoms with E-state index in [-0.39, 0.29) is 87.5 Å². The number of nitrogen functional groups attached to an aromatic ring is 1. The molecule has 0 bridgehead atoms. The lowest BCUT2D eigenvalue weighted by Gasteiger charge is -2.32. The number of carbonyl (C=O) groups is 1. The topological polar surface area (TPSA) is 112 Å². The third-order valence-electron chi connectivity index (χ3n) is 11.3. The molecule has 52 heavy (non-hydrogen) atoms. The molecule has 4 unspecified atom stereocenters. The summed E-state index contributed by atoms with van der Waals surface area (Å²) in [6, 6.07) is 3.89. The van der Waals surface area contributed by atoms with Crippen LogP contribution in [0.1, 0.15) is 63.0 Å². The van der Waals surface area contributed by atoms with Crippen molar-refractivity contribution >= 4 is 49.1 Å². The number of nitrogens with two attached hydrogens (primary N) is 1. The summed E-state index contributed by atoms with van der Waals surface area (Å²) >= 11 is 0.687. The zero-order valence-corrected chi connectivity index (χ0v) is 29.0. The Morgan fingerprint density at radius 1 is 1.21 bits per heavy atom. The summed E-state index contributed by atoms with van der Waals surface area (Å²) in [5, 5.41) is 9.29. The molecule has 0 saturated carbocycles. The van der Waals surface area contributed by atoms with Crippen molar-refractivity contribution in [2.24, 2.45) is 0 Å². The third kappa shape index (κ3) is 5.50. The van der Waals surface area contributed by atoms with E-state index in [4.69, 9.17) is 10.5 Å². The number of nitrogens with zero attached hydrogens (tertiary/aromatic N) is 6. The average molecular weight is 744 g/mol. The van der Waals surface area contributed by atoms with Crippen LogP contribution in [-0.2, 0) is 11.0 Å². The maximum Gasteiger partial charge on any atom is 0.417 e. The van der Waals surface area contributed by atoms with Crippen molar-refractivity contribution in [3.8, 4) is 23.2 Å². The summed E-state index contributed by atoms with van der Waals surface area (Å²) in [7, 11) is 0. The molecule has 6 heterocycles. The highest BCUT2D eigenvalue weighted by atomic mass is 32.1. The van der Waals surface area contributed by atoms with Crippen molar-refractivity contribution in [3.05, 3.63) is 41.0 Å². The number of thiophene rings is 1. The number of hydrogen-bond acceptors (Lipinski definition) is 9. The second-order valence-corrected chi connectivity index (χ2v) is 15.3. The van der Waals surface area contributed by atoms with E-state index in [2.05, 4.69) is 9.97 Å². The van der Waals surface area contributed by atoms with Crippen LogP contribution in [0.4, 0.5) is 37.2 Å². The van der Waals surface area contributed by atoms with E-state index in [1.54, 1.807) is 16.7 Å². The van der Waals surface area contributed by atoms with E-state index in [0.717, 1.165) is 37.5 Å². The molecule has 8 rings (SSSR count). The van der Waals surface area contributed by atoms with Gasteiger partial charge in [-0.05, 0) is 63.3 Å². The second kappa shape index (κ2) is 12.6. The van der Waals surface area contributed by atoms with Crippen molar-refractivity contribution in [2.75, 3.05) is 43.4 Å². The molecule has 2 N–H and O–H groups in total. The number of hydrogen-bond donors (Lipinski definition) is 1. The van der Waals surface area contributed by atoms with E-state index in [0.29, 0.717) is 43.7 Å². The molecule has 0 radical (unpaired) electrons. The Balaban J connectivity index is 1.34.